The normalized spacial score (nSPS) is 14.0. The van der Waals surface area contributed by atoms with E-state index >= 15 is 0 Å². The van der Waals surface area contributed by atoms with Crippen LogP contribution in [-0.4, -0.2) is 36.9 Å². The Kier molecular flexibility index (Phi) is 8.01. The smallest absolute Gasteiger partial charge is 0.209 e. The highest BCUT2D eigenvalue weighted by Crippen LogP contribution is 2.40. The van der Waals surface area contributed by atoms with Gasteiger partial charge in [-0.2, -0.15) is 9.84 Å². The van der Waals surface area contributed by atoms with Gasteiger partial charge in [0.15, 0.2) is 5.71 Å². The van der Waals surface area contributed by atoms with Gasteiger partial charge in [-0.1, -0.05) is 23.7 Å². The van der Waals surface area contributed by atoms with Crippen LogP contribution in [0.1, 0.15) is 38.3 Å². The molecule has 6 heteroatoms. The summed E-state index contributed by atoms with van der Waals surface area (Å²) in [5, 5.41) is 18.4. The molecule has 0 bridgehead atoms. The third-order valence-electron chi connectivity index (χ3n) is 5.32. The molecule has 0 amide bonds. The fraction of sp³-hybridized carbons (Fsp3) is 0.320. The summed E-state index contributed by atoms with van der Waals surface area (Å²) in [5.74, 6) is -1.08. The predicted octanol–water partition coefficient (Wildman–Crippen LogP) is 4.17. The van der Waals surface area contributed by atoms with Gasteiger partial charge < -0.3 is 14.8 Å². The molecule has 1 aliphatic heterocycles. The molecular weight excluding hydrogens is 410 g/mol. The highest BCUT2D eigenvalue weighted by Gasteiger charge is 2.42. The second kappa shape index (κ2) is 10.3. The zero-order valence-corrected chi connectivity index (χ0v) is 19.4. The van der Waals surface area contributed by atoms with E-state index < -0.39 is 5.97 Å². The number of carboxylic acid groups (broad SMARTS) is 1. The van der Waals surface area contributed by atoms with Crippen LogP contribution in [0.25, 0.3) is 6.08 Å². The quantitative estimate of drug-likeness (QED) is 0.658. The van der Waals surface area contributed by atoms with E-state index in [2.05, 4.69) is 85.0 Å². The number of anilines is 1. The van der Waals surface area contributed by atoms with Crippen LogP contribution in [0.2, 0.25) is 5.02 Å². The first-order chi connectivity index (χ1) is 14.6. The number of carbonyl (C=O) groups excluding carboxylic acids is 1. The van der Waals surface area contributed by atoms with Gasteiger partial charge in [-0.05, 0) is 56.7 Å². The van der Waals surface area contributed by atoms with Gasteiger partial charge in [0.1, 0.15) is 7.05 Å². The number of benzene rings is 2. The Bertz CT molecular complexity index is 1040. The van der Waals surface area contributed by atoms with Gasteiger partial charge in [0, 0.05) is 48.0 Å². The van der Waals surface area contributed by atoms with Crippen molar-refractivity contribution in [3.8, 4) is 6.07 Å². The maximum absolute atomic E-state index is 8.89. The summed E-state index contributed by atoms with van der Waals surface area (Å²) >= 11 is 6.22. The molecule has 0 saturated heterocycles. The Balaban J connectivity index is 0.000000785. The number of nitrogens with zero attached hydrogens (tertiary/aromatic N) is 3. The molecule has 0 aliphatic carbocycles. The van der Waals surface area contributed by atoms with E-state index in [1.54, 1.807) is 0 Å². The average molecular weight is 438 g/mol. The SMILES string of the molecule is CC(=O)[O-].CN(CCC#N)c1ccc(C=CC2=[N+](C)c3ccc(Cl)cc3C2(C)C)cc1. The van der Waals surface area contributed by atoms with E-state index in [1.165, 1.54) is 17.0 Å². The van der Waals surface area contributed by atoms with Crippen LogP contribution in [0, 0.1) is 11.3 Å². The number of aliphatic carboxylic acids is 1. The number of hydrogen-bond acceptors (Lipinski definition) is 4. The molecule has 0 radical (unpaired) electrons. The maximum Gasteiger partial charge on any atom is 0.209 e. The Morgan fingerprint density at radius 1 is 1.23 bits per heavy atom. The molecule has 2 aromatic rings. The maximum atomic E-state index is 8.89. The minimum Gasteiger partial charge on any atom is -0.550 e. The summed E-state index contributed by atoms with van der Waals surface area (Å²) in [6, 6.07) is 16.7. The van der Waals surface area contributed by atoms with E-state index in [1.807, 2.05) is 13.1 Å². The largest absolute Gasteiger partial charge is 0.550 e. The summed E-state index contributed by atoms with van der Waals surface area (Å²) in [6.07, 6.45) is 4.88. The molecule has 162 valence electrons. The second-order valence-corrected chi connectivity index (χ2v) is 8.41. The van der Waals surface area contributed by atoms with Crippen LogP contribution in [0.3, 0.4) is 0 Å². The lowest BCUT2D eigenvalue weighted by atomic mass is 9.81. The van der Waals surface area contributed by atoms with Crippen molar-refractivity contribution in [2.24, 2.45) is 0 Å². The summed E-state index contributed by atoms with van der Waals surface area (Å²) < 4.78 is 2.24. The van der Waals surface area contributed by atoms with E-state index in [4.69, 9.17) is 26.8 Å². The number of carbonyl (C=O) groups is 1. The summed E-state index contributed by atoms with van der Waals surface area (Å²) in [7, 11) is 4.12. The van der Waals surface area contributed by atoms with Gasteiger partial charge in [-0.3, -0.25) is 0 Å². The number of fused-ring (bicyclic) bond motifs is 1. The van der Waals surface area contributed by atoms with Crippen LogP contribution in [0.4, 0.5) is 11.4 Å². The third kappa shape index (κ3) is 5.96. The van der Waals surface area contributed by atoms with E-state index in [0.717, 1.165) is 29.7 Å². The zero-order chi connectivity index (χ0) is 23.2. The highest BCUT2D eigenvalue weighted by molar-refractivity contribution is 6.30. The lowest BCUT2D eigenvalue weighted by molar-refractivity contribution is -0.401. The molecule has 3 rings (SSSR count). The Hall–Kier alpha value is -3.10. The van der Waals surface area contributed by atoms with Crippen molar-refractivity contribution in [2.45, 2.75) is 32.6 Å². The fourth-order valence-electron chi connectivity index (χ4n) is 3.67. The van der Waals surface area contributed by atoms with Crippen LogP contribution in [0.5, 0.6) is 0 Å². The number of halogens is 1. The topological polar surface area (TPSA) is 70.2 Å². The van der Waals surface area contributed by atoms with Gasteiger partial charge in [0.05, 0.1) is 17.9 Å². The molecule has 0 unspecified atom stereocenters. The predicted molar refractivity (Wildman–Crippen MR) is 125 cm³/mol. The van der Waals surface area contributed by atoms with E-state index in [9.17, 15) is 0 Å². The standard InChI is InChI=1S/C23H25ClN3.C2H4O2/c1-23(2)20-16-18(24)9-12-21(20)27(4)22(23)13-8-17-6-10-19(11-7-17)26(3)15-5-14-25;1-2(3)4/h6-13,16H,5,15H2,1-4H3;1H3,(H,3,4)/q+1;/p-1. The molecule has 0 N–H and O–H groups in total. The summed E-state index contributed by atoms with van der Waals surface area (Å²) in [6.45, 7) is 6.18. The fourth-order valence-corrected chi connectivity index (χ4v) is 3.84. The molecule has 1 heterocycles. The van der Waals surface area contributed by atoms with Crippen molar-refractivity contribution in [1.29, 1.82) is 5.26 Å². The molecule has 0 fully saturated rings. The van der Waals surface area contributed by atoms with Gasteiger partial charge in [0.2, 0.25) is 5.69 Å². The first kappa shape index (κ1) is 24.2. The Labute approximate surface area is 189 Å². The van der Waals surface area contributed by atoms with Crippen molar-refractivity contribution >= 4 is 40.7 Å². The van der Waals surface area contributed by atoms with Crippen LogP contribution in [0.15, 0.2) is 48.5 Å². The lowest BCUT2D eigenvalue weighted by Gasteiger charge is -2.17. The van der Waals surface area contributed by atoms with Gasteiger partial charge >= 0.3 is 0 Å². The first-order valence-corrected chi connectivity index (χ1v) is 10.4. The molecule has 1 aliphatic rings. The molecule has 0 aromatic heterocycles. The number of carboxylic acids is 1. The molecule has 0 spiro atoms. The van der Waals surface area contributed by atoms with Crippen LogP contribution in [-0.2, 0) is 10.2 Å². The zero-order valence-electron chi connectivity index (χ0n) is 18.6. The van der Waals surface area contributed by atoms with Crippen LogP contribution < -0.4 is 10.0 Å². The Morgan fingerprint density at radius 2 is 1.84 bits per heavy atom. The van der Waals surface area contributed by atoms with Crippen molar-refractivity contribution < 1.29 is 14.5 Å². The van der Waals surface area contributed by atoms with E-state index in [0.29, 0.717) is 6.42 Å². The van der Waals surface area contributed by atoms with Gasteiger partial charge in [-0.25, -0.2) is 0 Å². The molecule has 31 heavy (non-hydrogen) atoms. The number of hydrogen-bond donors (Lipinski definition) is 0. The first-order valence-electron chi connectivity index (χ1n) is 10.0. The molecule has 5 nitrogen and oxygen atoms in total. The Morgan fingerprint density at radius 3 is 2.42 bits per heavy atom. The molecular formula is C25H28ClN3O2. The monoisotopic (exact) mass is 437 g/mol. The minimum absolute atomic E-state index is 0.0943. The van der Waals surface area contributed by atoms with Crippen molar-refractivity contribution in [1.82, 2.24) is 0 Å². The molecule has 2 aromatic carbocycles. The highest BCUT2D eigenvalue weighted by atomic mass is 35.5. The van der Waals surface area contributed by atoms with Crippen LogP contribution >= 0.6 is 11.6 Å². The van der Waals surface area contributed by atoms with Crippen molar-refractivity contribution in [3.05, 3.63) is 64.7 Å². The second-order valence-electron chi connectivity index (χ2n) is 7.98. The minimum atomic E-state index is -1.08. The average Bonchev–Trinajstić information content (AvgIpc) is 2.89. The van der Waals surface area contributed by atoms with Crippen molar-refractivity contribution in [3.63, 3.8) is 0 Å². The van der Waals surface area contributed by atoms with Crippen molar-refractivity contribution in [2.75, 3.05) is 25.5 Å². The number of rotatable bonds is 5. The molecule has 0 atom stereocenters. The third-order valence-corrected chi connectivity index (χ3v) is 5.56. The summed E-state index contributed by atoms with van der Waals surface area (Å²) in [4.78, 5) is 11.0. The molecule has 0 saturated carbocycles. The number of nitriles is 1. The van der Waals surface area contributed by atoms with E-state index in [-0.39, 0.29) is 5.41 Å². The summed E-state index contributed by atoms with van der Waals surface area (Å²) in [5.41, 5.74) is 5.89. The van der Waals surface area contributed by atoms with Gasteiger partial charge in [0.25, 0.3) is 0 Å². The number of allylic oxidation sites excluding steroid dienone is 1. The van der Waals surface area contributed by atoms with Gasteiger partial charge in [-0.15, -0.1) is 0 Å². The lowest BCUT2D eigenvalue weighted by Crippen LogP contribution is -2.26.